The molecule has 4 nitrogen and oxygen atoms in total. The van der Waals surface area contributed by atoms with Crippen LogP contribution in [0.3, 0.4) is 0 Å². The molecule has 0 aliphatic heterocycles. The highest BCUT2D eigenvalue weighted by Crippen LogP contribution is 2.38. The van der Waals surface area contributed by atoms with Crippen LogP contribution >= 0.6 is 0 Å². The number of hydrogen-bond acceptors (Lipinski definition) is 3. The summed E-state index contributed by atoms with van der Waals surface area (Å²) in [4.78, 5) is 6.91. The molecular formula is C33H23N3O. The summed E-state index contributed by atoms with van der Waals surface area (Å²) < 4.78 is 7.79. The van der Waals surface area contributed by atoms with Crippen molar-refractivity contribution in [1.82, 2.24) is 9.55 Å². The first kappa shape index (κ1) is 21.2. The van der Waals surface area contributed by atoms with Crippen molar-refractivity contribution in [3.05, 3.63) is 140 Å². The first-order valence-electron chi connectivity index (χ1n) is 12.3. The number of furan rings is 1. The van der Waals surface area contributed by atoms with Crippen LogP contribution in [0.15, 0.2) is 144 Å². The minimum Gasteiger partial charge on any atom is -0.464 e. The smallest absolute Gasteiger partial charge is 0.144 e. The molecule has 4 aromatic carbocycles. The first-order chi connectivity index (χ1) is 18.3. The lowest BCUT2D eigenvalue weighted by Crippen LogP contribution is -2.10. The second kappa shape index (κ2) is 8.85. The zero-order valence-corrected chi connectivity index (χ0v) is 20.0. The molecule has 0 saturated heterocycles. The van der Waals surface area contributed by atoms with Crippen LogP contribution in [0.1, 0.15) is 0 Å². The van der Waals surface area contributed by atoms with Crippen LogP contribution in [0.5, 0.6) is 0 Å². The molecule has 7 aromatic rings. The molecule has 0 N–H and O–H groups in total. The molecule has 4 heteroatoms. The minimum atomic E-state index is 0.892. The maximum atomic E-state index is 5.66. The predicted molar refractivity (Wildman–Crippen MR) is 151 cm³/mol. The van der Waals surface area contributed by atoms with Gasteiger partial charge < -0.3 is 13.9 Å². The highest BCUT2D eigenvalue weighted by molar-refractivity contribution is 5.95. The zero-order valence-electron chi connectivity index (χ0n) is 20.0. The molecule has 7 rings (SSSR count). The largest absolute Gasteiger partial charge is 0.464 e. The monoisotopic (exact) mass is 477 g/mol. The summed E-state index contributed by atoms with van der Waals surface area (Å²) in [7, 11) is 0. The van der Waals surface area contributed by atoms with Gasteiger partial charge in [0.15, 0.2) is 0 Å². The van der Waals surface area contributed by atoms with E-state index in [4.69, 9.17) is 4.42 Å². The number of nitrogens with zero attached hydrogens (tertiary/aromatic N) is 3. The number of hydrogen-bond donors (Lipinski definition) is 0. The Bertz CT molecular complexity index is 1850. The van der Waals surface area contributed by atoms with E-state index in [0.717, 1.165) is 55.9 Å². The van der Waals surface area contributed by atoms with Crippen molar-refractivity contribution in [2.24, 2.45) is 0 Å². The Hall–Kier alpha value is -5.09. The van der Waals surface area contributed by atoms with E-state index in [1.807, 2.05) is 36.5 Å². The van der Waals surface area contributed by atoms with Crippen molar-refractivity contribution in [2.75, 3.05) is 4.90 Å². The van der Waals surface area contributed by atoms with Gasteiger partial charge in [0.2, 0.25) is 0 Å². The highest BCUT2D eigenvalue weighted by atomic mass is 16.3. The van der Waals surface area contributed by atoms with E-state index in [-0.39, 0.29) is 0 Å². The Labute approximate surface area is 214 Å². The zero-order chi connectivity index (χ0) is 24.6. The van der Waals surface area contributed by atoms with Crippen molar-refractivity contribution in [3.8, 4) is 16.8 Å². The lowest BCUT2D eigenvalue weighted by Gasteiger charge is -2.26. The van der Waals surface area contributed by atoms with Gasteiger partial charge in [-0.15, -0.1) is 0 Å². The topological polar surface area (TPSA) is 34.2 Å². The van der Waals surface area contributed by atoms with E-state index in [2.05, 4.69) is 112 Å². The van der Waals surface area contributed by atoms with E-state index in [1.54, 1.807) is 6.26 Å². The Kier molecular flexibility index (Phi) is 5.07. The number of anilines is 3. The van der Waals surface area contributed by atoms with Crippen LogP contribution in [-0.2, 0) is 0 Å². The van der Waals surface area contributed by atoms with Crippen molar-refractivity contribution in [3.63, 3.8) is 0 Å². The van der Waals surface area contributed by atoms with Crippen LogP contribution < -0.4 is 4.90 Å². The van der Waals surface area contributed by atoms with Gasteiger partial charge in [-0.1, -0.05) is 48.5 Å². The van der Waals surface area contributed by atoms with Gasteiger partial charge in [0.05, 0.1) is 6.26 Å². The second-order valence-electron chi connectivity index (χ2n) is 8.98. The SMILES string of the molecule is c1ccc(N(c2cccc(-c3cccc4occc34)c2)c2cccc(-n3ccc4cccnc43)c2)cc1. The van der Waals surface area contributed by atoms with E-state index in [0.29, 0.717) is 0 Å². The summed E-state index contributed by atoms with van der Waals surface area (Å²) in [5.74, 6) is 0. The van der Waals surface area contributed by atoms with Gasteiger partial charge in [0.25, 0.3) is 0 Å². The number of rotatable bonds is 5. The van der Waals surface area contributed by atoms with Crippen LogP contribution in [0.4, 0.5) is 17.1 Å². The van der Waals surface area contributed by atoms with Crippen molar-refractivity contribution >= 4 is 39.1 Å². The molecule has 0 aliphatic rings. The molecule has 37 heavy (non-hydrogen) atoms. The fraction of sp³-hybridized carbons (Fsp3) is 0. The third-order valence-electron chi connectivity index (χ3n) is 6.74. The quantitative estimate of drug-likeness (QED) is 0.248. The van der Waals surface area contributed by atoms with Gasteiger partial charge in [-0.2, -0.15) is 0 Å². The fourth-order valence-electron chi connectivity index (χ4n) is 5.04. The molecule has 176 valence electrons. The van der Waals surface area contributed by atoms with Crippen molar-refractivity contribution < 1.29 is 4.42 Å². The molecule has 0 saturated carbocycles. The molecule has 0 radical (unpaired) electrons. The molecule has 0 aliphatic carbocycles. The lowest BCUT2D eigenvalue weighted by molar-refractivity contribution is 0.616. The summed E-state index contributed by atoms with van der Waals surface area (Å²) >= 11 is 0. The van der Waals surface area contributed by atoms with Crippen LogP contribution in [0.25, 0.3) is 38.8 Å². The van der Waals surface area contributed by atoms with Gasteiger partial charge in [0.1, 0.15) is 11.2 Å². The van der Waals surface area contributed by atoms with Gasteiger partial charge in [-0.25, -0.2) is 4.98 Å². The van der Waals surface area contributed by atoms with E-state index in [1.165, 1.54) is 0 Å². The molecule has 0 unspecified atom stereocenters. The van der Waals surface area contributed by atoms with Crippen LogP contribution in [-0.4, -0.2) is 9.55 Å². The first-order valence-corrected chi connectivity index (χ1v) is 12.3. The Morgan fingerprint density at radius 3 is 2.38 bits per heavy atom. The van der Waals surface area contributed by atoms with Crippen LogP contribution in [0.2, 0.25) is 0 Å². The number of pyridine rings is 1. The summed E-state index contributed by atoms with van der Waals surface area (Å²) in [6, 6.07) is 42.1. The number of aromatic nitrogens is 2. The van der Waals surface area contributed by atoms with Gasteiger partial charge >= 0.3 is 0 Å². The lowest BCUT2D eigenvalue weighted by atomic mass is 10.0. The van der Waals surface area contributed by atoms with Crippen LogP contribution in [0, 0.1) is 0 Å². The molecular weight excluding hydrogens is 454 g/mol. The maximum Gasteiger partial charge on any atom is 0.144 e. The molecule has 3 heterocycles. The molecule has 0 fully saturated rings. The Balaban J connectivity index is 1.38. The third-order valence-corrected chi connectivity index (χ3v) is 6.74. The predicted octanol–water partition coefficient (Wildman–Crippen LogP) is 8.91. The molecule has 0 spiro atoms. The molecule has 0 amide bonds. The average Bonchev–Trinajstić information content (AvgIpc) is 3.62. The summed E-state index contributed by atoms with van der Waals surface area (Å²) in [6.45, 7) is 0. The summed E-state index contributed by atoms with van der Waals surface area (Å²) in [5, 5.41) is 2.23. The fourth-order valence-corrected chi connectivity index (χ4v) is 5.04. The second-order valence-corrected chi connectivity index (χ2v) is 8.98. The van der Waals surface area contributed by atoms with Crippen molar-refractivity contribution in [2.45, 2.75) is 0 Å². The Morgan fingerprint density at radius 2 is 1.46 bits per heavy atom. The van der Waals surface area contributed by atoms with Crippen molar-refractivity contribution in [1.29, 1.82) is 0 Å². The maximum absolute atomic E-state index is 5.66. The third kappa shape index (κ3) is 3.76. The Morgan fingerprint density at radius 1 is 0.649 bits per heavy atom. The average molecular weight is 478 g/mol. The normalized spacial score (nSPS) is 11.2. The standard InChI is InChI=1S/C33H23N3O/c1-2-10-26(11-3-1)36(28-13-4-8-25(22-28)30-15-6-16-32-31(30)18-21-37-32)29-14-5-12-27(23-29)35-20-17-24-9-7-19-34-33(24)35/h1-23H. The molecule has 0 bridgehead atoms. The minimum absolute atomic E-state index is 0.892. The van der Waals surface area contributed by atoms with Gasteiger partial charge in [0, 0.05) is 45.9 Å². The van der Waals surface area contributed by atoms with E-state index >= 15 is 0 Å². The van der Waals surface area contributed by atoms with E-state index in [9.17, 15) is 0 Å². The van der Waals surface area contributed by atoms with E-state index < -0.39 is 0 Å². The molecule has 3 aromatic heterocycles. The van der Waals surface area contributed by atoms with Gasteiger partial charge in [-0.3, -0.25) is 0 Å². The summed E-state index contributed by atoms with van der Waals surface area (Å²) in [5.41, 5.74) is 8.43. The number of para-hydroxylation sites is 1. The number of benzene rings is 4. The number of fused-ring (bicyclic) bond motifs is 2. The molecule has 0 atom stereocenters. The summed E-state index contributed by atoms with van der Waals surface area (Å²) in [6.07, 6.45) is 5.67. The van der Waals surface area contributed by atoms with Gasteiger partial charge in [-0.05, 0) is 83.9 Å². The highest BCUT2D eigenvalue weighted by Gasteiger charge is 2.15.